The topological polar surface area (TPSA) is 14.2 Å². The molecule has 0 bridgehead atoms. The first-order valence-corrected chi connectivity index (χ1v) is 16.9. The second kappa shape index (κ2) is 9.82. The van der Waals surface area contributed by atoms with Crippen molar-refractivity contribution in [2.24, 2.45) is 0 Å². The number of hydrogen-bond donors (Lipinski definition) is 0. The molecule has 2 heterocycles. The van der Waals surface area contributed by atoms with E-state index in [1.54, 1.807) is 0 Å². The van der Waals surface area contributed by atoms with Crippen LogP contribution in [0.25, 0.3) is 60.5 Å². The number of aromatic nitrogens is 1. The normalized spacial score (nSPS) is 13.6. The molecule has 8 aromatic carbocycles. The highest BCUT2D eigenvalue weighted by atomic mass is 16.5. The van der Waals surface area contributed by atoms with Crippen molar-refractivity contribution in [2.45, 2.75) is 5.41 Å². The average Bonchev–Trinajstić information content (AvgIpc) is 3.66. The van der Waals surface area contributed by atoms with E-state index in [-0.39, 0.29) is 0 Å². The molecule has 0 saturated carbocycles. The van der Waals surface area contributed by atoms with Crippen LogP contribution in [0, 0.1) is 0 Å². The number of benzene rings is 8. The van der Waals surface area contributed by atoms with Crippen LogP contribution in [0.1, 0.15) is 22.3 Å². The first-order valence-electron chi connectivity index (χ1n) is 16.9. The lowest BCUT2D eigenvalue weighted by atomic mass is 9.65. The van der Waals surface area contributed by atoms with Gasteiger partial charge in [0.15, 0.2) is 0 Å². The van der Waals surface area contributed by atoms with E-state index in [1.807, 2.05) is 0 Å². The zero-order valence-corrected chi connectivity index (χ0v) is 26.6. The van der Waals surface area contributed by atoms with E-state index < -0.39 is 5.41 Å². The van der Waals surface area contributed by atoms with E-state index >= 15 is 0 Å². The zero-order valence-electron chi connectivity index (χ0n) is 26.6. The van der Waals surface area contributed by atoms with Gasteiger partial charge in [-0.05, 0) is 81.2 Å². The van der Waals surface area contributed by atoms with Crippen LogP contribution in [0.3, 0.4) is 0 Å². The van der Waals surface area contributed by atoms with Gasteiger partial charge in [0.25, 0.3) is 0 Å². The molecule has 228 valence electrons. The van der Waals surface area contributed by atoms with Gasteiger partial charge in [-0.25, -0.2) is 0 Å². The van der Waals surface area contributed by atoms with Crippen LogP contribution in [0.5, 0.6) is 11.5 Å². The van der Waals surface area contributed by atoms with Gasteiger partial charge < -0.3 is 9.30 Å². The summed E-state index contributed by atoms with van der Waals surface area (Å²) in [5.41, 5.74) is 13.0. The van der Waals surface area contributed by atoms with Gasteiger partial charge in [0.05, 0.1) is 16.4 Å². The third-order valence-corrected chi connectivity index (χ3v) is 10.8. The van der Waals surface area contributed by atoms with E-state index in [1.165, 1.54) is 77.1 Å². The molecule has 0 unspecified atom stereocenters. The van der Waals surface area contributed by atoms with Crippen LogP contribution in [0.4, 0.5) is 0 Å². The molecule has 0 saturated heterocycles. The highest BCUT2D eigenvalue weighted by Crippen LogP contribution is 2.62. The third kappa shape index (κ3) is 3.45. The van der Waals surface area contributed by atoms with Crippen molar-refractivity contribution in [3.63, 3.8) is 0 Å². The number of para-hydroxylation sites is 3. The predicted octanol–water partition coefficient (Wildman–Crippen LogP) is 12.1. The molecule has 0 radical (unpaired) electrons. The minimum Gasteiger partial charge on any atom is -0.457 e. The number of ether oxygens (including phenoxy) is 1. The Bertz CT molecular complexity index is 2760. The first kappa shape index (κ1) is 26.7. The van der Waals surface area contributed by atoms with Crippen molar-refractivity contribution >= 4 is 32.6 Å². The second-order valence-corrected chi connectivity index (χ2v) is 13.2. The summed E-state index contributed by atoms with van der Waals surface area (Å²) in [5.74, 6) is 1.81. The molecule has 49 heavy (non-hydrogen) atoms. The van der Waals surface area contributed by atoms with E-state index in [9.17, 15) is 0 Å². The Morgan fingerprint density at radius 2 is 0.980 bits per heavy atom. The van der Waals surface area contributed by atoms with Gasteiger partial charge in [0.2, 0.25) is 0 Å². The summed E-state index contributed by atoms with van der Waals surface area (Å²) in [6.45, 7) is 0. The molecule has 11 rings (SSSR count). The monoisotopic (exact) mass is 623 g/mol. The molecule has 0 amide bonds. The fourth-order valence-electron chi connectivity index (χ4n) is 8.93. The molecular formula is C47H29NO. The van der Waals surface area contributed by atoms with Crippen LogP contribution in [0.2, 0.25) is 0 Å². The molecule has 1 aromatic heterocycles. The van der Waals surface area contributed by atoms with Crippen LogP contribution in [0.15, 0.2) is 176 Å². The first-order chi connectivity index (χ1) is 24.3. The summed E-state index contributed by atoms with van der Waals surface area (Å²) in [5, 5.41) is 4.96. The molecular weight excluding hydrogens is 595 g/mol. The fraction of sp³-hybridized carbons (Fsp3) is 0.0213. The Balaban J connectivity index is 1.25. The Morgan fingerprint density at radius 3 is 1.76 bits per heavy atom. The highest BCUT2D eigenvalue weighted by molar-refractivity contribution is 6.22. The van der Waals surface area contributed by atoms with E-state index in [0.29, 0.717) is 0 Å². The molecule has 2 heteroatoms. The third-order valence-electron chi connectivity index (χ3n) is 10.8. The second-order valence-electron chi connectivity index (χ2n) is 13.2. The van der Waals surface area contributed by atoms with Gasteiger partial charge in [-0.1, -0.05) is 133 Å². The Kier molecular flexibility index (Phi) is 5.34. The summed E-state index contributed by atoms with van der Waals surface area (Å²) in [4.78, 5) is 0. The molecule has 1 aliphatic heterocycles. The number of rotatable bonds is 2. The number of fused-ring (bicyclic) bond motifs is 14. The van der Waals surface area contributed by atoms with Crippen molar-refractivity contribution in [1.29, 1.82) is 0 Å². The smallest absolute Gasteiger partial charge is 0.132 e. The van der Waals surface area contributed by atoms with Crippen molar-refractivity contribution < 1.29 is 4.74 Å². The Morgan fingerprint density at radius 1 is 0.388 bits per heavy atom. The summed E-state index contributed by atoms with van der Waals surface area (Å²) in [6.07, 6.45) is 0. The molecule has 9 aromatic rings. The molecule has 2 aliphatic rings. The quantitative estimate of drug-likeness (QED) is 0.187. The predicted molar refractivity (Wildman–Crippen MR) is 201 cm³/mol. The molecule has 1 spiro atoms. The SMILES string of the molecule is c1ccc(-n2c3ccccc3c3cc(-c4ccc5c(c4)C4(c6ccccc6O5)c5ccccc5-c5ccccc54)c4ccccc4c32)cc1. The van der Waals surface area contributed by atoms with Gasteiger partial charge in [-0.3, -0.25) is 0 Å². The van der Waals surface area contributed by atoms with Crippen LogP contribution < -0.4 is 4.74 Å². The van der Waals surface area contributed by atoms with Crippen molar-refractivity contribution in [2.75, 3.05) is 0 Å². The van der Waals surface area contributed by atoms with E-state index in [2.05, 4.69) is 180 Å². The molecule has 0 fully saturated rings. The van der Waals surface area contributed by atoms with Crippen molar-refractivity contribution in [1.82, 2.24) is 4.57 Å². The number of nitrogens with zero attached hydrogens (tertiary/aromatic N) is 1. The van der Waals surface area contributed by atoms with Gasteiger partial charge in [0, 0.05) is 33.0 Å². The van der Waals surface area contributed by atoms with Crippen molar-refractivity contribution in [3.8, 4) is 39.4 Å². The van der Waals surface area contributed by atoms with Gasteiger partial charge in [0.1, 0.15) is 11.5 Å². The molecule has 1 aliphatic carbocycles. The molecule has 0 N–H and O–H groups in total. The minimum atomic E-state index is -0.503. The maximum atomic E-state index is 6.75. The lowest BCUT2D eigenvalue weighted by Gasteiger charge is -2.39. The lowest BCUT2D eigenvalue weighted by molar-refractivity contribution is 0.436. The van der Waals surface area contributed by atoms with Crippen LogP contribution in [-0.2, 0) is 5.41 Å². The molecule has 2 nitrogen and oxygen atoms in total. The largest absolute Gasteiger partial charge is 0.457 e. The summed E-state index contributed by atoms with van der Waals surface area (Å²) in [6, 6.07) is 64.1. The maximum Gasteiger partial charge on any atom is 0.132 e. The van der Waals surface area contributed by atoms with E-state index in [4.69, 9.17) is 4.74 Å². The van der Waals surface area contributed by atoms with Gasteiger partial charge in [-0.2, -0.15) is 0 Å². The highest BCUT2D eigenvalue weighted by Gasteiger charge is 2.51. The molecule has 0 atom stereocenters. The zero-order chi connectivity index (χ0) is 32.1. The fourth-order valence-corrected chi connectivity index (χ4v) is 8.93. The van der Waals surface area contributed by atoms with Gasteiger partial charge >= 0.3 is 0 Å². The van der Waals surface area contributed by atoms with Crippen LogP contribution in [-0.4, -0.2) is 4.57 Å². The number of hydrogen-bond acceptors (Lipinski definition) is 1. The minimum absolute atomic E-state index is 0.503. The van der Waals surface area contributed by atoms with E-state index in [0.717, 1.165) is 17.2 Å². The summed E-state index contributed by atoms with van der Waals surface area (Å²) in [7, 11) is 0. The summed E-state index contributed by atoms with van der Waals surface area (Å²) >= 11 is 0. The standard InChI is InChI=1S/C47H29NO/c1-2-14-31(15-3-1)48-43-24-12-8-19-35(43)38-29-37(32-16-4-5-20-36(32)46(38)48)30-26-27-45-42(28-30)47(41-23-11-13-25-44(41)49-45)39-21-9-6-17-33(39)34-18-7-10-22-40(34)47/h1-29H. The lowest BCUT2D eigenvalue weighted by Crippen LogP contribution is -2.32. The summed E-state index contributed by atoms with van der Waals surface area (Å²) < 4.78 is 9.18. The van der Waals surface area contributed by atoms with Crippen LogP contribution >= 0.6 is 0 Å². The maximum absolute atomic E-state index is 6.75. The Labute approximate surface area is 284 Å². The van der Waals surface area contributed by atoms with Gasteiger partial charge in [-0.15, -0.1) is 0 Å². The average molecular weight is 624 g/mol. The Hall–Kier alpha value is -6.38. The van der Waals surface area contributed by atoms with Crippen molar-refractivity contribution in [3.05, 3.63) is 198 Å².